The Hall–Kier alpha value is -1.66. The summed E-state index contributed by atoms with van der Waals surface area (Å²) in [6, 6.07) is 4.62. The molecule has 1 aromatic rings. The third-order valence-corrected chi connectivity index (χ3v) is 5.77. The lowest BCUT2D eigenvalue weighted by molar-refractivity contribution is 0.0696. The zero-order valence-corrected chi connectivity index (χ0v) is 11.6. The van der Waals surface area contributed by atoms with E-state index in [9.17, 15) is 13.2 Å². The third-order valence-electron chi connectivity index (χ3n) is 3.88. The largest absolute Gasteiger partial charge is 0.478 e. The molecule has 0 unspecified atom stereocenters. The molecule has 2 aliphatic rings. The molecule has 1 fully saturated rings. The standard InChI is InChI=1S/C14H15NO4S/c16-14(17)10-5-4-9-6-12(8-15-11-2-1-3-11)20(18,19)13(9)7-10/h4-7,11,15H,1-3,8H2,(H,16,17). The van der Waals surface area contributed by atoms with Crippen LogP contribution in [-0.2, 0) is 9.84 Å². The second kappa shape index (κ2) is 4.71. The summed E-state index contributed by atoms with van der Waals surface area (Å²) in [7, 11) is -3.55. The maximum atomic E-state index is 12.4. The Morgan fingerprint density at radius 1 is 1.35 bits per heavy atom. The number of hydrogen-bond acceptors (Lipinski definition) is 4. The normalized spacial score (nSPS) is 20.1. The van der Waals surface area contributed by atoms with Crippen LogP contribution in [0.3, 0.4) is 0 Å². The number of hydrogen-bond donors (Lipinski definition) is 2. The minimum absolute atomic E-state index is 0.00562. The van der Waals surface area contributed by atoms with E-state index < -0.39 is 15.8 Å². The number of rotatable bonds is 4. The number of nitrogens with one attached hydrogen (secondary N) is 1. The fourth-order valence-electron chi connectivity index (χ4n) is 2.41. The Morgan fingerprint density at radius 3 is 2.70 bits per heavy atom. The zero-order valence-electron chi connectivity index (χ0n) is 10.8. The van der Waals surface area contributed by atoms with E-state index in [4.69, 9.17) is 5.11 Å². The van der Waals surface area contributed by atoms with Gasteiger partial charge in [-0.3, -0.25) is 0 Å². The number of fused-ring (bicyclic) bond motifs is 1. The van der Waals surface area contributed by atoms with Gasteiger partial charge in [0, 0.05) is 12.6 Å². The van der Waals surface area contributed by atoms with Crippen molar-refractivity contribution in [2.45, 2.75) is 30.2 Å². The molecule has 20 heavy (non-hydrogen) atoms. The highest BCUT2D eigenvalue weighted by Crippen LogP contribution is 2.33. The van der Waals surface area contributed by atoms with Gasteiger partial charge in [0.2, 0.25) is 9.84 Å². The Kier molecular flexibility index (Phi) is 3.14. The molecule has 5 nitrogen and oxygen atoms in total. The number of sulfone groups is 1. The summed E-state index contributed by atoms with van der Waals surface area (Å²) in [5.74, 6) is -1.12. The molecule has 0 aromatic heterocycles. The van der Waals surface area contributed by atoms with Crippen molar-refractivity contribution in [3.8, 4) is 0 Å². The van der Waals surface area contributed by atoms with Crippen molar-refractivity contribution in [3.63, 3.8) is 0 Å². The second-order valence-corrected chi connectivity index (χ2v) is 7.15. The molecule has 1 heterocycles. The quantitative estimate of drug-likeness (QED) is 0.882. The van der Waals surface area contributed by atoms with Crippen LogP contribution in [0.4, 0.5) is 0 Å². The Morgan fingerprint density at radius 2 is 2.10 bits per heavy atom. The summed E-state index contributed by atoms with van der Waals surface area (Å²) in [4.78, 5) is 11.4. The molecule has 0 amide bonds. The average molecular weight is 293 g/mol. The van der Waals surface area contributed by atoms with Gasteiger partial charge >= 0.3 is 5.97 Å². The van der Waals surface area contributed by atoms with Crippen LogP contribution in [0, 0.1) is 0 Å². The van der Waals surface area contributed by atoms with Crippen LogP contribution in [0.25, 0.3) is 6.08 Å². The van der Waals surface area contributed by atoms with E-state index in [0.29, 0.717) is 23.1 Å². The summed E-state index contributed by atoms with van der Waals surface area (Å²) in [6.45, 7) is 0.310. The van der Waals surface area contributed by atoms with Crippen molar-refractivity contribution in [3.05, 3.63) is 34.2 Å². The van der Waals surface area contributed by atoms with E-state index in [2.05, 4.69) is 5.32 Å². The van der Waals surface area contributed by atoms with Crippen LogP contribution in [-0.4, -0.2) is 32.1 Å². The molecule has 0 saturated heterocycles. The van der Waals surface area contributed by atoms with Gasteiger partial charge in [-0.2, -0.15) is 0 Å². The third kappa shape index (κ3) is 2.14. The molecule has 0 spiro atoms. The van der Waals surface area contributed by atoms with E-state index >= 15 is 0 Å². The van der Waals surface area contributed by atoms with Crippen LogP contribution in [0.1, 0.15) is 35.2 Å². The number of carboxylic acid groups (broad SMARTS) is 1. The summed E-state index contributed by atoms with van der Waals surface area (Å²) in [6.07, 6.45) is 4.99. The lowest BCUT2D eigenvalue weighted by atomic mass is 9.93. The first-order valence-corrected chi connectivity index (χ1v) is 8.03. The van der Waals surface area contributed by atoms with Crippen molar-refractivity contribution in [1.29, 1.82) is 0 Å². The molecule has 106 valence electrons. The van der Waals surface area contributed by atoms with Crippen LogP contribution >= 0.6 is 0 Å². The van der Waals surface area contributed by atoms with E-state index in [1.165, 1.54) is 18.6 Å². The van der Waals surface area contributed by atoms with Crippen molar-refractivity contribution in [2.75, 3.05) is 6.54 Å². The smallest absolute Gasteiger partial charge is 0.335 e. The van der Waals surface area contributed by atoms with Gasteiger partial charge in [0.05, 0.1) is 15.4 Å². The maximum Gasteiger partial charge on any atom is 0.335 e. The minimum Gasteiger partial charge on any atom is -0.478 e. The van der Waals surface area contributed by atoms with Crippen molar-refractivity contribution >= 4 is 21.9 Å². The Bertz CT molecular complexity index is 702. The van der Waals surface area contributed by atoms with Crippen LogP contribution in [0.15, 0.2) is 28.0 Å². The first-order chi connectivity index (χ1) is 9.48. The average Bonchev–Trinajstić information content (AvgIpc) is 2.59. The van der Waals surface area contributed by atoms with Crippen molar-refractivity contribution in [1.82, 2.24) is 5.32 Å². The van der Waals surface area contributed by atoms with Gasteiger partial charge in [0.1, 0.15) is 0 Å². The summed E-state index contributed by atoms with van der Waals surface area (Å²) in [5.41, 5.74) is 0.564. The fourth-order valence-corrected chi connectivity index (χ4v) is 3.97. The molecule has 0 radical (unpaired) electrons. The summed E-state index contributed by atoms with van der Waals surface area (Å²) in [5, 5.41) is 12.2. The molecule has 1 saturated carbocycles. The van der Waals surface area contributed by atoms with Gasteiger partial charge in [0.15, 0.2) is 0 Å². The van der Waals surface area contributed by atoms with E-state index in [0.717, 1.165) is 12.8 Å². The highest BCUT2D eigenvalue weighted by atomic mass is 32.2. The molecule has 3 rings (SSSR count). The van der Waals surface area contributed by atoms with Crippen LogP contribution in [0.2, 0.25) is 0 Å². The second-order valence-electron chi connectivity index (χ2n) is 5.18. The van der Waals surface area contributed by atoms with Gasteiger partial charge < -0.3 is 10.4 Å². The van der Waals surface area contributed by atoms with E-state index in [1.54, 1.807) is 12.1 Å². The first-order valence-electron chi connectivity index (χ1n) is 6.55. The lowest BCUT2D eigenvalue weighted by Gasteiger charge is -2.26. The molecule has 1 aliphatic heterocycles. The molecule has 1 aromatic carbocycles. The minimum atomic E-state index is -3.55. The topological polar surface area (TPSA) is 83.5 Å². The monoisotopic (exact) mass is 293 g/mol. The molecular formula is C14H15NO4S. The zero-order chi connectivity index (χ0) is 14.3. The van der Waals surface area contributed by atoms with Gasteiger partial charge in [-0.15, -0.1) is 0 Å². The first kappa shape index (κ1) is 13.3. The van der Waals surface area contributed by atoms with Gasteiger partial charge in [-0.1, -0.05) is 12.5 Å². The number of benzene rings is 1. The predicted octanol–water partition coefficient (Wildman–Crippen LogP) is 1.66. The van der Waals surface area contributed by atoms with Gasteiger partial charge in [-0.25, -0.2) is 13.2 Å². The fraction of sp³-hybridized carbons (Fsp3) is 0.357. The Balaban J connectivity index is 1.87. The molecular weight excluding hydrogens is 278 g/mol. The van der Waals surface area contributed by atoms with E-state index in [-0.39, 0.29) is 10.5 Å². The molecule has 2 N–H and O–H groups in total. The maximum absolute atomic E-state index is 12.4. The highest BCUT2D eigenvalue weighted by Gasteiger charge is 2.31. The number of aromatic carboxylic acids is 1. The van der Waals surface area contributed by atoms with Crippen LogP contribution < -0.4 is 5.32 Å². The summed E-state index contributed by atoms with van der Waals surface area (Å²) < 4.78 is 24.8. The molecule has 0 bridgehead atoms. The highest BCUT2D eigenvalue weighted by molar-refractivity contribution is 7.95. The molecule has 1 aliphatic carbocycles. The Labute approximate surface area is 117 Å². The van der Waals surface area contributed by atoms with Crippen molar-refractivity contribution < 1.29 is 18.3 Å². The molecule has 6 heteroatoms. The van der Waals surface area contributed by atoms with Gasteiger partial charge in [-0.05, 0) is 36.6 Å². The van der Waals surface area contributed by atoms with Crippen molar-refractivity contribution in [2.24, 2.45) is 0 Å². The van der Waals surface area contributed by atoms with Gasteiger partial charge in [0.25, 0.3) is 0 Å². The summed E-state index contributed by atoms with van der Waals surface area (Å²) >= 11 is 0. The lowest BCUT2D eigenvalue weighted by Crippen LogP contribution is -2.36. The number of carbonyl (C=O) groups is 1. The SMILES string of the molecule is O=C(O)c1ccc2c(c1)S(=O)(=O)C(CNC1CCC1)=C2. The predicted molar refractivity (Wildman–Crippen MR) is 74.2 cm³/mol. The molecule has 0 atom stereocenters. The van der Waals surface area contributed by atoms with E-state index in [1.807, 2.05) is 0 Å². The number of carboxylic acids is 1. The van der Waals surface area contributed by atoms with Crippen LogP contribution in [0.5, 0.6) is 0 Å².